The first-order valence-corrected chi connectivity index (χ1v) is 9.33. The van der Waals surface area contributed by atoms with E-state index in [0.29, 0.717) is 29.3 Å². The van der Waals surface area contributed by atoms with Crippen molar-refractivity contribution in [3.8, 4) is 11.3 Å². The number of thiazole rings is 1. The van der Waals surface area contributed by atoms with Gasteiger partial charge >= 0.3 is 6.18 Å². The van der Waals surface area contributed by atoms with Crippen LogP contribution in [-0.2, 0) is 6.18 Å². The van der Waals surface area contributed by atoms with Crippen LogP contribution in [0.4, 0.5) is 13.2 Å². The van der Waals surface area contributed by atoms with E-state index < -0.39 is 11.7 Å². The van der Waals surface area contributed by atoms with Gasteiger partial charge in [0.15, 0.2) is 10.7 Å². The van der Waals surface area contributed by atoms with Crippen molar-refractivity contribution in [1.82, 2.24) is 19.2 Å². The minimum Gasteiger partial charge on any atom is -0.335 e. The molecule has 0 saturated carbocycles. The van der Waals surface area contributed by atoms with Gasteiger partial charge in [-0.05, 0) is 19.2 Å². The van der Waals surface area contributed by atoms with E-state index in [2.05, 4.69) is 9.88 Å². The van der Waals surface area contributed by atoms with Crippen LogP contribution in [0.25, 0.3) is 16.2 Å². The molecule has 2 aromatic heterocycles. The highest BCUT2D eigenvalue weighted by Crippen LogP contribution is 2.33. The van der Waals surface area contributed by atoms with Crippen LogP contribution in [0, 0.1) is 0 Å². The monoisotopic (exact) mass is 394 g/mol. The minimum atomic E-state index is -4.40. The molecule has 0 spiro atoms. The Morgan fingerprint density at radius 2 is 1.78 bits per heavy atom. The summed E-state index contributed by atoms with van der Waals surface area (Å²) in [5, 5.41) is 1.83. The number of piperazine rings is 1. The van der Waals surface area contributed by atoms with Gasteiger partial charge in [-0.15, -0.1) is 11.3 Å². The number of carbonyl (C=O) groups is 1. The van der Waals surface area contributed by atoms with E-state index in [1.165, 1.54) is 23.5 Å². The molecule has 5 nitrogen and oxygen atoms in total. The summed E-state index contributed by atoms with van der Waals surface area (Å²) in [7, 11) is 2.00. The maximum Gasteiger partial charge on any atom is 0.416 e. The molecule has 9 heteroatoms. The summed E-state index contributed by atoms with van der Waals surface area (Å²) >= 11 is 1.38. The van der Waals surface area contributed by atoms with E-state index in [0.717, 1.165) is 25.2 Å². The quantitative estimate of drug-likeness (QED) is 0.668. The second kappa shape index (κ2) is 6.65. The van der Waals surface area contributed by atoms with Gasteiger partial charge in [-0.2, -0.15) is 13.2 Å². The summed E-state index contributed by atoms with van der Waals surface area (Å²) in [6.45, 7) is 2.77. The molecular formula is C18H17F3N4OS. The second-order valence-corrected chi connectivity index (χ2v) is 7.41. The average Bonchev–Trinajstić information content (AvgIpc) is 3.22. The van der Waals surface area contributed by atoms with Crippen molar-refractivity contribution < 1.29 is 18.0 Å². The van der Waals surface area contributed by atoms with Crippen molar-refractivity contribution in [1.29, 1.82) is 0 Å². The zero-order valence-electron chi connectivity index (χ0n) is 14.5. The Labute approximate surface area is 157 Å². The number of amides is 1. The minimum absolute atomic E-state index is 0.186. The zero-order chi connectivity index (χ0) is 19.2. The molecule has 142 valence electrons. The molecule has 1 aliphatic rings. The van der Waals surface area contributed by atoms with Crippen LogP contribution in [0.3, 0.4) is 0 Å². The number of benzene rings is 1. The molecule has 1 amide bonds. The van der Waals surface area contributed by atoms with E-state index in [1.807, 2.05) is 12.4 Å². The van der Waals surface area contributed by atoms with Crippen LogP contribution >= 0.6 is 11.3 Å². The van der Waals surface area contributed by atoms with Crippen LogP contribution < -0.4 is 0 Å². The first-order chi connectivity index (χ1) is 12.8. The molecule has 0 aliphatic carbocycles. The molecule has 0 unspecified atom stereocenters. The Morgan fingerprint density at radius 1 is 1.11 bits per heavy atom. The molecule has 0 bridgehead atoms. The topological polar surface area (TPSA) is 40.8 Å². The van der Waals surface area contributed by atoms with E-state index in [9.17, 15) is 18.0 Å². The second-order valence-electron chi connectivity index (χ2n) is 6.54. The van der Waals surface area contributed by atoms with Crippen LogP contribution in [0.2, 0.25) is 0 Å². The summed E-state index contributed by atoms with van der Waals surface area (Å²) in [6, 6.07) is 4.85. The Balaban J connectivity index is 1.75. The van der Waals surface area contributed by atoms with Gasteiger partial charge in [-0.25, -0.2) is 4.98 Å². The van der Waals surface area contributed by atoms with Gasteiger partial charge in [0.2, 0.25) is 0 Å². The van der Waals surface area contributed by atoms with Gasteiger partial charge in [0.05, 0.1) is 11.3 Å². The van der Waals surface area contributed by atoms with E-state index in [4.69, 9.17) is 0 Å². The van der Waals surface area contributed by atoms with E-state index >= 15 is 0 Å². The lowest BCUT2D eigenvalue weighted by molar-refractivity contribution is -0.137. The third kappa shape index (κ3) is 3.32. The first-order valence-electron chi connectivity index (χ1n) is 8.45. The summed E-state index contributed by atoms with van der Waals surface area (Å²) < 4.78 is 40.4. The van der Waals surface area contributed by atoms with Crippen molar-refractivity contribution >= 4 is 22.2 Å². The fourth-order valence-electron chi connectivity index (χ4n) is 3.19. The highest BCUT2D eigenvalue weighted by atomic mass is 32.1. The van der Waals surface area contributed by atoms with Crippen LogP contribution in [-0.4, -0.2) is 58.3 Å². The van der Waals surface area contributed by atoms with Crippen LogP contribution in [0.1, 0.15) is 16.1 Å². The number of fused-ring (bicyclic) bond motifs is 1. The number of halogens is 3. The van der Waals surface area contributed by atoms with E-state index in [1.54, 1.807) is 15.5 Å². The van der Waals surface area contributed by atoms with Crippen molar-refractivity contribution in [3.05, 3.63) is 47.1 Å². The Bertz CT molecular complexity index is 969. The molecule has 3 heterocycles. The van der Waals surface area contributed by atoms with Crippen molar-refractivity contribution in [2.24, 2.45) is 0 Å². The predicted octanol–water partition coefficient (Wildman–Crippen LogP) is 3.47. The fraction of sp³-hybridized carbons (Fsp3) is 0.333. The number of likely N-dealkylation sites (N-methyl/N-ethyl adjacent to an activating group) is 1. The van der Waals surface area contributed by atoms with Crippen molar-refractivity contribution in [2.45, 2.75) is 6.18 Å². The molecule has 1 fully saturated rings. The Morgan fingerprint density at radius 3 is 2.41 bits per heavy atom. The number of hydrogen-bond acceptors (Lipinski definition) is 4. The number of nitrogens with zero attached hydrogens (tertiary/aromatic N) is 4. The lowest BCUT2D eigenvalue weighted by Gasteiger charge is -2.32. The van der Waals surface area contributed by atoms with Gasteiger partial charge in [-0.1, -0.05) is 12.1 Å². The molecule has 4 rings (SSSR count). The Hall–Kier alpha value is -2.39. The molecule has 0 radical (unpaired) electrons. The largest absolute Gasteiger partial charge is 0.416 e. The van der Waals surface area contributed by atoms with Gasteiger partial charge in [-0.3, -0.25) is 9.20 Å². The number of imidazole rings is 1. The van der Waals surface area contributed by atoms with E-state index in [-0.39, 0.29) is 11.6 Å². The molecule has 3 aromatic rings. The molecule has 0 atom stereocenters. The normalized spacial score (nSPS) is 16.2. The fourth-order valence-corrected chi connectivity index (χ4v) is 3.90. The van der Waals surface area contributed by atoms with Gasteiger partial charge in [0.25, 0.3) is 5.91 Å². The van der Waals surface area contributed by atoms with Gasteiger partial charge in [0, 0.05) is 43.3 Å². The smallest absolute Gasteiger partial charge is 0.335 e. The summed E-state index contributed by atoms with van der Waals surface area (Å²) in [5.41, 5.74) is 0.630. The standard InChI is InChI=1S/C18H17F3N4OS/c1-23-6-8-24(9-7-23)16(26)14-15(25-10-11-27-17(25)22-14)12-2-4-13(5-3-12)18(19,20)21/h2-5,10-11H,6-9H2,1H3. The van der Waals surface area contributed by atoms with Crippen LogP contribution in [0.5, 0.6) is 0 Å². The molecule has 1 saturated heterocycles. The number of alkyl halides is 3. The van der Waals surface area contributed by atoms with Crippen LogP contribution in [0.15, 0.2) is 35.8 Å². The molecule has 1 aliphatic heterocycles. The molecule has 0 N–H and O–H groups in total. The maximum absolute atomic E-state index is 13.1. The predicted molar refractivity (Wildman–Crippen MR) is 96.9 cm³/mol. The summed E-state index contributed by atoms with van der Waals surface area (Å²) in [4.78, 5) is 22.1. The summed E-state index contributed by atoms with van der Waals surface area (Å²) in [5.74, 6) is -0.186. The van der Waals surface area contributed by atoms with Crippen molar-refractivity contribution in [3.63, 3.8) is 0 Å². The third-order valence-corrected chi connectivity index (χ3v) is 5.50. The number of carbonyl (C=O) groups excluding carboxylic acids is 1. The number of aromatic nitrogens is 2. The molecular weight excluding hydrogens is 377 g/mol. The molecule has 1 aromatic carbocycles. The maximum atomic E-state index is 13.1. The average molecular weight is 394 g/mol. The highest BCUT2D eigenvalue weighted by Gasteiger charge is 2.31. The van der Waals surface area contributed by atoms with Gasteiger partial charge in [0.1, 0.15) is 0 Å². The summed E-state index contributed by atoms with van der Waals surface area (Å²) in [6.07, 6.45) is -2.62. The zero-order valence-corrected chi connectivity index (χ0v) is 15.3. The van der Waals surface area contributed by atoms with Gasteiger partial charge < -0.3 is 9.80 Å². The Kier molecular flexibility index (Phi) is 4.43. The number of rotatable bonds is 2. The van der Waals surface area contributed by atoms with Crippen molar-refractivity contribution in [2.75, 3.05) is 33.2 Å². The third-order valence-electron chi connectivity index (χ3n) is 4.74. The molecule has 27 heavy (non-hydrogen) atoms. The SMILES string of the molecule is CN1CCN(C(=O)c2nc3sccn3c2-c2ccc(C(F)(F)F)cc2)CC1. The lowest BCUT2D eigenvalue weighted by Crippen LogP contribution is -2.47. The first kappa shape index (κ1) is 18.0. The lowest BCUT2D eigenvalue weighted by atomic mass is 10.1. The highest BCUT2D eigenvalue weighted by molar-refractivity contribution is 7.15. The number of hydrogen-bond donors (Lipinski definition) is 0.